The second-order valence-corrected chi connectivity index (χ2v) is 9.46. The molecule has 0 bridgehead atoms. The smallest absolute Gasteiger partial charge is 0.341 e. The Morgan fingerprint density at radius 2 is 1.93 bits per heavy atom. The van der Waals surface area contributed by atoms with E-state index >= 15 is 0 Å². The number of esters is 1. The molecule has 0 saturated carbocycles. The lowest BCUT2D eigenvalue weighted by Gasteiger charge is -2.37. The zero-order valence-corrected chi connectivity index (χ0v) is 18.9. The van der Waals surface area contributed by atoms with Crippen LogP contribution in [0, 0.1) is 5.92 Å². The van der Waals surface area contributed by atoms with Gasteiger partial charge in [0.05, 0.1) is 12.7 Å². The van der Waals surface area contributed by atoms with Gasteiger partial charge in [-0.15, -0.1) is 11.3 Å². The van der Waals surface area contributed by atoms with Crippen LogP contribution < -0.4 is 10.2 Å². The molecule has 1 aromatic heterocycles. The van der Waals surface area contributed by atoms with Crippen LogP contribution in [0.25, 0.3) is 0 Å². The number of carbonyl (C=O) groups excluding carboxylic acids is 1. The van der Waals surface area contributed by atoms with Crippen molar-refractivity contribution in [2.24, 2.45) is 5.92 Å². The van der Waals surface area contributed by atoms with E-state index in [4.69, 9.17) is 17.0 Å². The molecule has 0 amide bonds. The van der Waals surface area contributed by atoms with Crippen LogP contribution in [0.4, 0.5) is 10.7 Å². The number of hydrogen-bond acceptors (Lipinski definition) is 6. The number of carbonyl (C=O) groups is 1. The molecule has 0 radical (unpaired) electrons. The number of thiocarbonyl (C=S) groups is 1. The van der Waals surface area contributed by atoms with E-state index in [2.05, 4.69) is 22.0 Å². The second kappa shape index (κ2) is 8.81. The third-order valence-electron chi connectivity index (χ3n) is 5.90. The maximum atomic E-state index is 12.5. The first-order chi connectivity index (χ1) is 14.5. The third-order valence-corrected chi connectivity index (χ3v) is 7.43. The molecular formula is C22H27N3O3S2. The summed E-state index contributed by atoms with van der Waals surface area (Å²) >= 11 is 7.33. The van der Waals surface area contributed by atoms with Gasteiger partial charge in [-0.25, -0.2) is 4.79 Å². The summed E-state index contributed by atoms with van der Waals surface area (Å²) in [6, 6.07) is 7.28. The van der Waals surface area contributed by atoms with Crippen LogP contribution in [-0.2, 0) is 17.6 Å². The minimum absolute atomic E-state index is 0.275. The van der Waals surface area contributed by atoms with E-state index in [9.17, 15) is 9.90 Å². The van der Waals surface area contributed by atoms with Gasteiger partial charge in [-0.1, -0.05) is 6.92 Å². The van der Waals surface area contributed by atoms with E-state index < -0.39 is 0 Å². The summed E-state index contributed by atoms with van der Waals surface area (Å²) in [5.41, 5.74) is 2.89. The van der Waals surface area contributed by atoms with E-state index in [-0.39, 0.29) is 11.7 Å². The SMILES string of the molecule is COC(=O)c1c(NC(=S)N2CCN(c3ccc(O)cc3)CC2)sc2c1CCC(C)C2. The summed E-state index contributed by atoms with van der Waals surface area (Å²) in [5, 5.41) is 14.3. The highest BCUT2D eigenvalue weighted by atomic mass is 32.1. The van der Waals surface area contributed by atoms with Crippen molar-refractivity contribution in [1.82, 2.24) is 4.90 Å². The van der Waals surface area contributed by atoms with Crippen LogP contribution in [0.5, 0.6) is 5.75 Å². The number of ether oxygens (including phenoxy) is 1. The fourth-order valence-electron chi connectivity index (χ4n) is 4.16. The van der Waals surface area contributed by atoms with Gasteiger partial charge in [-0.2, -0.15) is 0 Å². The number of anilines is 2. The van der Waals surface area contributed by atoms with Crippen LogP contribution >= 0.6 is 23.6 Å². The molecule has 1 aliphatic heterocycles. The number of piperazine rings is 1. The third kappa shape index (κ3) is 4.25. The highest BCUT2D eigenvalue weighted by molar-refractivity contribution is 7.80. The van der Waals surface area contributed by atoms with Gasteiger partial charge in [0.2, 0.25) is 0 Å². The molecule has 1 aromatic carbocycles. The van der Waals surface area contributed by atoms with Crippen molar-refractivity contribution in [3.8, 4) is 5.75 Å². The van der Waals surface area contributed by atoms with Crippen molar-refractivity contribution >= 4 is 45.3 Å². The van der Waals surface area contributed by atoms with E-state index in [0.717, 1.165) is 61.7 Å². The Labute approximate surface area is 186 Å². The Balaban J connectivity index is 1.44. The van der Waals surface area contributed by atoms with Gasteiger partial charge < -0.3 is 25.0 Å². The highest BCUT2D eigenvalue weighted by Crippen LogP contribution is 2.40. The molecular weight excluding hydrogens is 418 g/mol. The average Bonchev–Trinajstić information content (AvgIpc) is 3.10. The lowest BCUT2D eigenvalue weighted by Crippen LogP contribution is -2.50. The normalized spacial score (nSPS) is 18.7. The van der Waals surface area contributed by atoms with E-state index in [1.54, 1.807) is 23.5 Å². The van der Waals surface area contributed by atoms with Gasteiger partial charge in [0, 0.05) is 36.7 Å². The first-order valence-corrected chi connectivity index (χ1v) is 11.5. The molecule has 2 N–H and O–H groups in total. The maximum Gasteiger partial charge on any atom is 0.341 e. The Hall–Kier alpha value is -2.32. The molecule has 4 rings (SSSR count). The molecule has 8 heteroatoms. The summed E-state index contributed by atoms with van der Waals surface area (Å²) < 4.78 is 5.07. The quantitative estimate of drug-likeness (QED) is 0.549. The number of nitrogens with one attached hydrogen (secondary N) is 1. The number of hydrogen-bond donors (Lipinski definition) is 2. The molecule has 30 heavy (non-hydrogen) atoms. The summed E-state index contributed by atoms with van der Waals surface area (Å²) in [6.45, 7) is 5.53. The predicted molar refractivity (Wildman–Crippen MR) is 125 cm³/mol. The zero-order valence-electron chi connectivity index (χ0n) is 17.3. The summed E-state index contributed by atoms with van der Waals surface area (Å²) in [7, 11) is 1.43. The van der Waals surface area contributed by atoms with Crippen molar-refractivity contribution in [2.75, 3.05) is 43.5 Å². The molecule has 1 unspecified atom stereocenters. The van der Waals surface area contributed by atoms with Gasteiger partial charge in [-0.05, 0) is 67.2 Å². The molecule has 1 atom stereocenters. The molecule has 2 aromatic rings. The monoisotopic (exact) mass is 445 g/mol. The van der Waals surface area contributed by atoms with Crippen LogP contribution in [0.1, 0.15) is 34.1 Å². The van der Waals surface area contributed by atoms with Crippen molar-refractivity contribution in [3.63, 3.8) is 0 Å². The van der Waals surface area contributed by atoms with Gasteiger partial charge in [0.15, 0.2) is 5.11 Å². The van der Waals surface area contributed by atoms with Crippen molar-refractivity contribution in [2.45, 2.75) is 26.2 Å². The van der Waals surface area contributed by atoms with Gasteiger partial charge in [0.1, 0.15) is 10.8 Å². The molecule has 0 spiro atoms. The molecule has 1 saturated heterocycles. The Morgan fingerprint density at radius 1 is 1.23 bits per heavy atom. The Morgan fingerprint density at radius 3 is 2.60 bits per heavy atom. The van der Waals surface area contributed by atoms with Crippen molar-refractivity contribution in [1.29, 1.82) is 0 Å². The van der Waals surface area contributed by atoms with Crippen LogP contribution in [-0.4, -0.2) is 54.4 Å². The first kappa shape index (κ1) is 20.9. The average molecular weight is 446 g/mol. The Bertz CT molecular complexity index is 934. The maximum absolute atomic E-state index is 12.5. The van der Waals surface area contributed by atoms with E-state index in [1.165, 1.54) is 12.0 Å². The number of benzene rings is 1. The minimum atomic E-state index is -0.287. The largest absolute Gasteiger partial charge is 0.508 e. The van der Waals surface area contributed by atoms with Crippen LogP contribution in [0.3, 0.4) is 0 Å². The number of rotatable bonds is 3. The van der Waals surface area contributed by atoms with Gasteiger partial charge in [-0.3, -0.25) is 0 Å². The number of thiophene rings is 1. The minimum Gasteiger partial charge on any atom is -0.508 e. The predicted octanol–water partition coefficient (Wildman–Crippen LogP) is 3.88. The van der Waals surface area contributed by atoms with Crippen LogP contribution in [0.2, 0.25) is 0 Å². The second-order valence-electron chi connectivity index (χ2n) is 7.97. The van der Waals surface area contributed by atoms with Gasteiger partial charge in [0.25, 0.3) is 0 Å². The number of fused-ring (bicyclic) bond motifs is 1. The lowest BCUT2D eigenvalue weighted by molar-refractivity contribution is 0.0601. The molecule has 1 aliphatic carbocycles. The topological polar surface area (TPSA) is 65.0 Å². The summed E-state index contributed by atoms with van der Waals surface area (Å²) in [6.07, 6.45) is 3.01. The zero-order chi connectivity index (χ0) is 21.3. The number of nitrogens with zero attached hydrogens (tertiary/aromatic N) is 2. The number of phenols is 1. The lowest BCUT2D eigenvalue weighted by atomic mass is 9.88. The molecule has 2 aliphatic rings. The number of methoxy groups -OCH3 is 1. The van der Waals surface area contributed by atoms with Crippen molar-refractivity contribution in [3.05, 3.63) is 40.3 Å². The highest BCUT2D eigenvalue weighted by Gasteiger charge is 2.29. The van der Waals surface area contributed by atoms with Crippen LogP contribution in [0.15, 0.2) is 24.3 Å². The standard InChI is InChI=1S/C22H27N3O3S2/c1-14-3-8-17-18(13-14)30-20(19(17)21(27)28-2)23-22(29)25-11-9-24(10-12-25)15-4-6-16(26)7-5-15/h4-7,14,26H,3,8-13H2,1-2H3,(H,23,29). The first-order valence-electron chi connectivity index (χ1n) is 10.3. The fourth-order valence-corrected chi connectivity index (χ4v) is 5.91. The summed E-state index contributed by atoms with van der Waals surface area (Å²) in [4.78, 5) is 18.2. The molecule has 6 nitrogen and oxygen atoms in total. The molecule has 2 heterocycles. The number of aromatic hydroxyl groups is 1. The number of phenolic OH excluding ortho intramolecular Hbond substituents is 1. The van der Waals surface area contributed by atoms with E-state index in [1.807, 2.05) is 12.1 Å². The van der Waals surface area contributed by atoms with Crippen molar-refractivity contribution < 1.29 is 14.6 Å². The fraction of sp³-hybridized carbons (Fsp3) is 0.455. The summed E-state index contributed by atoms with van der Waals surface area (Å²) in [5.74, 6) is 0.621. The Kier molecular flexibility index (Phi) is 6.15. The van der Waals surface area contributed by atoms with Gasteiger partial charge >= 0.3 is 5.97 Å². The van der Waals surface area contributed by atoms with E-state index in [0.29, 0.717) is 16.6 Å². The molecule has 1 fully saturated rings. The molecule has 160 valence electrons.